The zero-order chi connectivity index (χ0) is 22.9. The van der Waals surface area contributed by atoms with E-state index >= 15 is 0 Å². The van der Waals surface area contributed by atoms with Crippen LogP contribution in [0.3, 0.4) is 0 Å². The first-order valence-electron chi connectivity index (χ1n) is 10.3. The van der Waals surface area contributed by atoms with E-state index < -0.39 is 0 Å². The van der Waals surface area contributed by atoms with E-state index in [4.69, 9.17) is 19.9 Å². The molecule has 0 radical (unpaired) electrons. The number of allylic oxidation sites excluding steroid dienone is 4. The zero-order valence-electron chi connectivity index (χ0n) is 18.6. The molecule has 1 aromatic carbocycles. The normalized spacial score (nSPS) is 14.7. The van der Waals surface area contributed by atoms with Gasteiger partial charge in [-0.25, -0.2) is 9.98 Å². The molecule has 1 aliphatic rings. The molecule has 0 spiro atoms. The monoisotopic (exact) mass is 417 g/mol. The minimum Gasteiger partial charge on any atom is -0.483 e. The number of carboxylic acid groups (broad SMARTS) is 1. The number of hydrogen-bond acceptors (Lipinski definition) is 4. The highest BCUT2D eigenvalue weighted by molar-refractivity contribution is 6.15. The first-order chi connectivity index (χ1) is 14.8. The Morgan fingerprint density at radius 1 is 1.16 bits per heavy atom. The molecule has 0 atom stereocenters. The third-order valence-electron chi connectivity index (χ3n) is 5.05. The number of aliphatic imine (C=N–C) groups is 1. The van der Waals surface area contributed by atoms with Gasteiger partial charge in [0.1, 0.15) is 0 Å². The van der Waals surface area contributed by atoms with Crippen LogP contribution >= 0.6 is 0 Å². The second kappa shape index (κ2) is 11.2. The molecule has 1 aliphatic heterocycles. The van der Waals surface area contributed by atoms with Crippen LogP contribution in [0, 0.1) is 0 Å². The van der Waals surface area contributed by atoms with Crippen LogP contribution in [0.1, 0.15) is 37.6 Å². The Labute approximate surface area is 185 Å². The van der Waals surface area contributed by atoms with Crippen molar-refractivity contribution in [2.24, 2.45) is 4.99 Å². The van der Waals surface area contributed by atoms with E-state index in [2.05, 4.69) is 57.0 Å². The summed E-state index contributed by atoms with van der Waals surface area (Å²) in [7, 11) is 0. The van der Waals surface area contributed by atoms with Gasteiger partial charge in [0.2, 0.25) is 0 Å². The fraction of sp³-hybridized carbons (Fsp3) is 0.269. The van der Waals surface area contributed by atoms with E-state index in [1.807, 2.05) is 36.4 Å². The first-order valence-corrected chi connectivity index (χ1v) is 10.3. The van der Waals surface area contributed by atoms with Crippen LogP contribution in [-0.4, -0.2) is 39.3 Å². The SMILES string of the molecule is C=C/C=C(\C=C)C(=Nc1ccc2c(n1)CCN(C(C)(C)C)C2)c1ccccc1.O=CO. The highest BCUT2D eigenvalue weighted by Crippen LogP contribution is 2.26. The van der Waals surface area contributed by atoms with Crippen LogP contribution in [0.25, 0.3) is 0 Å². The van der Waals surface area contributed by atoms with Gasteiger partial charge in [0.15, 0.2) is 5.82 Å². The Balaban J connectivity index is 0.00000107. The number of fused-ring (bicyclic) bond motifs is 1. The maximum Gasteiger partial charge on any atom is 0.290 e. The van der Waals surface area contributed by atoms with E-state index in [0.717, 1.165) is 47.9 Å². The summed E-state index contributed by atoms with van der Waals surface area (Å²) in [6.07, 6.45) is 6.45. The third kappa shape index (κ3) is 6.59. The van der Waals surface area contributed by atoms with Gasteiger partial charge >= 0.3 is 0 Å². The van der Waals surface area contributed by atoms with Crippen LogP contribution in [0.4, 0.5) is 5.82 Å². The van der Waals surface area contributed by atoms with E-state index in [1.165, 1.54) is 5.56 Å². The molecule has 0 aliphatic carbocycles. The van der Waals surface area contributed by atoms with Crippen molar-refractivity contribution in [3.05, 3.63) is 96.2 Å². The molecule has 0 saturated carbocycles. The van der Waals surface area contributed by atoms with E-state index in [9.17, 15) is 0 Å². The molecular formula is C26H31N3O2. The van der Waals surface area contributed by atoms with Gasteiger partial charge in [0.05, 0.1) is 5.71 Å². The van der Waals surface area contributed by atoms with Gasteiger partial charge in [0, 0.05) is 41.9 Å². The highest BCUT2D eigenvalue weighted by atomic mass is 16.3. The first kappa shape index (κ1) is 24.0. The lowest BCUT2D eigenvalue weighted by Gasteiger charge is -2.38. The molecule has 0 saturated heterocycles. The molecule has 0 bridgehead atoms. The molecule has 0 fully saturated rings. The number of pyridine rings is 1. The van der Waals surface area contributed by atoms with Gasteiger partial charge in [-0.05, 0) is 32.4 Å². The number of hydrogen-bond donors (Lipinski definition) is 1. The lowest BCUT2D eigenvalue weighted by molar-refractivity contribution is -0.122. The molecule has 2 aromatic rings. The van der Waals surface area contributed by atoms with Crippen molar-refractivity contribution in [2.45, 2.75) is 39.3 Å². The van der Waals surface area contributed by atoms with Gasteiger partial charge in [-0.3, -0.25) is 9.69 Å². The second-order valence-electron chi connectivity index (χ2n) is 8.11. The fourth-order valence-corrected chi connectivity index (χ4v) is 3.42. The summed E-state index contributed by atoms with van der Waals surface area (Å²) >= 11 is 0. The molecule has 0 amide bonds. The Hall–Kier alpha value is -3.31. The number of aromatic nitrogens is 1. The molecule has 0 unspecified atom stereocenters. The van der Waals surface area contributed by atoms with E-state index in [-0.39, 0.29) is 12.0 Å². The number of benzene rings is 1. The molecule has 31 heavy (non-hydrogen) atoms. The summed E-state index contributed by atoms with van der Waals surface area (Å²) in [4.78, 5) is 20.6. The molecule has 5 heteroatoms. The summed E-state index contributed by atoms with van der Waals surface area (Å²) in [6.45, 7) is 16.3. The maximum atomic E-state index is 8.36. The standard InChI is InChI=1S/C25H29N3.CH2O2/c1-6-11-19(7-2)24(20-12-9-8-10-13-20)27-23-15-14-21-18-28(25(3,4)5)17-16-22(21)26-23;2-1-3/h6-15H,1-2,16-18H2,3-5H3;1H,(H,2,3)/b19-11+,27-24?;. The smallest absolute Gasteiger partial charge is 0.290 e. The number of rotatable bonds is 5. The number of nitrogens with zero attached hydrogens (tertiary/aromatic N) is 3. The van der Waals surface area contributed by atoms with Gasteiger partial charge < -0.3 is 5.11 Å². The Bertz CT molecular complexity index is 970. The van der Waals surface area contributed by atoms with Crippen LogP contribution < -0.4 is 0 Å². The van der Waals surface area contributed by atoms with Crippen molar-refractivity contribution in [1.82, 2.24) is 9.88 Å². The van der Waals surface area contributed by atoms with Crippen molar-refractivity contribution in [3.63, 3.8) is 0 Å². The topological polar surface area (TPSA) is 65.8 Å². The van der Waals surface area contributed by atoms with Crippen molar-refractivity contribution < 1.29 is 9.90 Å². The second-order valence-corrected chi connectivity index (χ2v) is 8.11. The summed E-state index contributed by atoms with van der Waals surface area (Å²) in [5.41, 5.74) is 5.45. The van der Waals surface area contributed by atoms with Crippen molar-refractivity contribution >= 4 is 18.0 Å². The highest BCUT2D eigenvalue weighted by Gasteiger charge is 2.26. The molecule has 3 rings (SSSR count). The summed E-state index contributed by atoms with van der Waals surface area (Å²) in [5, 5.41) is 6.89. The molecular weight excluding hydrogens is 386 g/mol. The fourth-order valence-electron chi connectivity index (χ4n) is 3.42. The van der Waals surface area contributed by atoms with Crippen LogP contribution in [0.5, 0.6) is 0 Å². The maximum absolute atomic E-state index is 8.36. The summed E-state index contributed by atoms with van der Waals surface area (Å²) in [6, 6.07) is 14.3. The molecule has 1 N–H and O–H groups in total. The largest absolute Gasteiger partial charge is 0.483 e. The van der Waals surface area contributed by atoms with Crippen LogP contribution in [0.15, 0.2) is 84.4 Å². The van der Waals surface area contributed by atoms with Gasteiger partial charge in [-0.2, -0.15) is 0 Å². The minimum atomic E-state index is -0.250. The molecule has 5 nitrogen and oxygen atoms in total. The van der Waals surface area contributed by atoms with Gasteiger partial charge in [-0.15, -0.1) is 0 Å². The van der Waals surface area contributed by atoms with Crippen molar-refractivity contribution in [3.8, 4) is 0 Å². The Morgan fingerprint density at radius 2 is 1.84 bits per heavy atom. The summed E-state index contributed by atoms with van der Waals surface area (Å²) in [5.74, 6) is 0.735. The number of carbonyl (C=O) groups is 1. The lowest BCUT2D eigenvalue weighted by atomic mass is 9.98. The predicted molar refractivity (Wildman–Crippen MR) is 128 cm³/mol. The quantitative estimate of drug-likeness (QED) is 0.404. The molecule has 2 heterocycles. The predicted octanol–water partition coefficient (Wildman–Crippen LogP) is 5.36. The minimum absolute atomic E-state index is 0.170. The average Bonchev–Trinajstić information content (AvgIpc) is 2.76. The Kier molecular flexibility index (Phi) is 8.64. The van der Waals surface area contributed by atoms with E-state index in [0.29, 0.717) is 0 Å². The summed E-state index contributed by atoms with van der Waals surface area (Å²) < 4.78 is 0. The van der Waals surface area contributed by atoms with E-state index in [1.54, 1.807) is 6.08 Å². The molecule has 162 valence electrons. The Morgan fingerprint density at radius 3 is 2.42 bits per heavy atom. The zero-order valence-corrected chi connectivity index (χ0v) is 18.6. The lowest BCUT2D eigenvalue weighted by Crippen LogP contribution is -2.44. The molecule has 1 aromatic heterocycles. The van der Waals surface area contributed by atoms with Crippen molar-refractivity contribution in [2.75, 3.05) is 6.54 Å². The van der Waals surface area contributed by atoms with Gasteiger partial charge in [0.25, 0.3) is 6.47 Å². The van der Waals surface area contributed by atoms with Crippen LogP contribution in [-0.2, 0) is 17.8 Å². The third-order valence-corrected chi connectivity index (χ3v) is 5.05. The van der Waals surface area contributed by atoms with Gasteiger partial charge in [-0.1, -0.05) is 67.8 Å². The average molecular weight is 418 g/mol. The van der Waals surface area contributed by atoms with Crippen molar-refractivity contribution in [1.29, 1.82) is 0 Å². The van der Waals surface area contributed by atoms with Crippen LogP contribution in [0.2, 0.25) is 0 Å².